The lowest BCUT2D eigenvalue weighted by Crippen LogP contribution is -2.14. The van der Waals surface area contributed by atoms with E-state index in [1.807, 2.05) is 18.5 Å². The van der Waals surface area contributed by atoms with E-state index >= 15 is 0 Å². The lowest BCUT2D eigenvalue weighted by molar-refractivity contribution is 0.672. The molecule has 3 nitrogen and oxygen atoms in total. The molecule has 2 unspecified atom stereocenters. The van der Waals surface area contributed by atoms with Gasteiger partial charge in [0.1, 0.15) is 0 Å². The van der Waals surface area contributed by atoms with Crippen molar-refractivity contribution in [1.29, 1.82) is 0 Å². The minimum Gasteiger partial charge on any atom is -0.328 e. The molecule has 1 fully saturated rings. The Hall–Kier alpha value is -1.00. The largest absolute Gasteiger partial charge is 0.328 e. The summed E-state index contributed by atoms with van der Waals surface area (Å²) >= 11 is 1.79. The molecule has 1 aliphatic carbocycles. The van der Waals surface area contributed by atoms with Crippen molar-refractivity contribution in [2.45, 2.75) is 31.2 Å². The van der Waals surface area contributed by atoms with Crippen LogP contribution in [0.3, 0.4) is 0 Å². The normalized spacial score (nSPS) is 26.2. The molecule has 2 atom stereocenters. The van der Waals surface area contributed by atoms with Crippen molar-refractivity contribution in [1.82, 2.24) is 9.97 Å². The van der Waals surface area contributed by atoms with E-state index in [0.29, 0.717) is 12.0 Å². The third-order valence-electron chi connectivity index (χ3n) is 3.03. The quantitative estimate of drug-likeness (QED) is 0.800. The van der Waals surface area contributed by atoms with Crippen LogP contribution in [0.5, 0.6) is 0 Å². The summed E-state index contributed by atoms with van der Waals surface area (Å²) in [7, 11) is 0. The number of hydrogen-bond acceptors (Lipinski definition) is 4. The summed E-state index contributed by atoms with van der Waals surface area (Å²) in [4.78, 5) is 8.72. The second-order valence-electron chi connectivity index (χ2n) is 4.17. The molecule has 0 spiro atoms. The highest BCUT2D eigenvalue weighted by Gasteiger charge is 2.25. The van der Waals surface area contributed by atoms with Crippen LogP contribution in [0.15, 0.2) is 18.5 Å². The molecular formula is C11H13N3S. The highest BCUT2D eigenvalue weighted by Crippen LogP contribution is 2.37. The van der Waals surface area contributed by atoms with Gasteiger partial charge < -0.3 is 5.73 Å². The van der Waals surface area contributed by atoms with Crippen molar-refractivity contribution in [3.8, 4) is 0 Å². The zero-order valence-electron chi connectivity index (χ0n) is 8.39. The van der Waals surface area contributed by atoms with Gasteiger partial charge in [0.15, 0.2) is 0 Å². The van der Waals surface area contributed by atoms with Gasteiger partial charge >= 0.3 is 0 Å². The lowest BCUT2D eigenvalue weighted by atomic mass is 10.1. The van der Waals surface area contributed by atoms with Crippen molar-refractivity contribution in [2.24, 2.45) is 5.73 Å². The van der Waals surface area contributed by atoms with Crippen LogP contribution in [0.25, 0.3) is 10.2 Å². The first kappa shape index (κ1) is 9.24. The second kappa shape index (κ2) is 3.54. The maximum atomic E-state index is 5.92. The van der Waals surface area contributed by atoms with Crippen molar-refractivity contribution in [3.05, 3.63) is 23.5 Å². The summed E-state index contributed by atoms with van der Waals surface area (Å²) in [5.74, 6) is 0.581. The molecular weight excluding hydrogens is 206 g/mol. The van der Waals surface area contributed by atoms with Gasteiger partial charge in [-0.05, 0) is 25.3 Å². The summed E-state index contributed by atoms with van der Waals surface area (Å²) in [5, 5.41) is 1.24. The van der Waals surface area contributed by atoms with Crippen molar-refractivity contribution >= 4 is 21.6 Å². The van der Waals surface area contributed by atoms with Gasteiger partial charge in [0.25, 0.3) is 0 Å². The number of nitrogens with zero attached hydrogens (tertiary/aromatic N) is 2. The molecule has 78 valence electrons. The Balaban J connectivity index is 1.98. The number of thiazole rings is 1. The smallest absolute Gasteiger partial charge is 0.0998 e. The first-order chi connectivity index (χ1) is 7.33. The molecule has 0 radical (unpaired) electrons. The monoisotopic (exact) mass is 219 g/mol. The molecule has 0 aromatic carbocycles. The predicted molar refractivity (Wildman–Crippen MR) is 62.0 cm³/mol. The fraction of sp³-hybridized carbons (Fsp3) is 0.455. The van der Waals surface area contributed by atoms with E-state index < -0.39 is 0 Å². The fourth-order valence-corrected chi connectivity index (χ4v) is 3.30. The Morgan fingerprint density at radius 2 is 2.33 bits per heavy atom. The standard InChI is InChI=1S/C11H13N3S/c12-8-2-1-7(5-8)11-14-9-6-13-4-3-10(9)15-11/h3-4,6-8H,1-2,5,12H2. The Morgan fingerprint density at radius 3 is 3.07 bits per heavy atom. The van der Waals surface area contributed by atoms with E-state index in [2.05, 4.69) is 9.97 Å². The zero-order valence-corrected chi connectivity index (χ0v) is 9.20. The van der Waals surface area contributed by atoms with Crippen molar-refractivity contribution in [2.75, 3.05) is 0 Å². The average Bonchev–Trinajstić information content (AvgIpc) is 2.82. The van der Waals surface area contributed by atoms with Gasteiger partial charge in [-0.15, -0.1) is 11.3 Å². The highest BCUT2D eigenvalue weighted by atomic mass is 32.1. The van der Waals surface area contributed by atoms with Gasteiger partial charge in [-0.1, -0.05) is 0 Å². The van der Waals surface area contributed by atoms with Crippen LogP contribution >= 0.6 is 11.3 Å². The third-order valence-corrected chi connectivity index (χ3v) is 4.23. The maximum Gasteiger partial charge on any atom is 0.0998 e. The number of hydrogen-bond donors (Lipinski definition) is 1. The minimum atomic E-state index is 0.375. The molecule has 1 saturated carbocycles. The van der Waals surface area contributed by atoms with Gasteiger partial charge in [0.05, 0.1) is 21.4 Å². The Bertz CT molecular complexity index is 446. The average molecular weight is 219 g/mol. The van der Waals surface area contributed by atoms with Crippen LogP contribution in [0.1, 0.15) is 30.2 Å². The van der Waals surface area contributed by atoms with E-state index in [9.17, 15) is 0 Å². The van der Waals surface area contributed by atoms with E-state index in [1.54, 1.807) is 11.3 Å². The van der Waals surface area contributed by atoms with Gasteiger partial charge in [0, 0.05) is 18.2 Å². The maximum absolute atomic E-state index is 5.92. The summed E-state index contributed by atoms with van der Waals surface area (Å²) in [6.07, 6.45) is 7.08. The molecule has 0 saturated heterocycles. The minimum absolute atomic E-state index is 0.375. The summed E-state index contributed by atoms with van der Waals surface area (Å²) < 4.78 is 1.24. The fourth-order valence-electron chi connectivity index (χ4n) is 2.21. The van der Waals surface area contributed by atoms with Gasteiger partial charge in [-0.3, -0.25) is 4.98 Å². The Morgan fingerprint density at radius 1 is 1.40 bits per heavy atom. The van der Waals surface area contributed by atoms with Crippen LogP contribution in [-0.4, -0.2) is 16.0 Å². The molecule has 0 aliphatic heterocycles. The van der Waals surface area contributed by atoms with Gasteiger partial charge in [-0.2, -0.15) is 0 Å². The second-order valence-corrected chi connectivity index (χ2v) is 5.23. The number of pyridine rings is 1. The first-order valence-corrected chi connectivity index (χ1v) is 6.10. The van der Waals surface area contributed by atoms with E-state index in [0.717, 1.165) is 18.4 Å². The van der Waals surface area contributed by atoms with Gasteiger partial charge in [-0.25, -0.2) is 4.98 Å². The molecule has 3 rings (SSSR count). The topological polar surface area (TPSA) is 51.8 Å². The SMILES string of the molecule is NC1CCC(c2nc3cnccc3s2)C1. The summed E-state index contributed by atoms with van der Waals surface area (Å²) in [6.45, 7) is 0. The number of rotatable bonds is 1. The van der Waals surface area contributed by atoms with Crippen LogP contribution < -0.4 is 5.73 Å². The molecule has 15 heavy (non-hydrogen) atoms. The van der Waals surface area contributed by atoms with Crippen LogP contribution in [-0.2, 0) is 0 Å². The molecule has 2 N–H and O–H groups in total. The molecule has 2 aromatic rings. The van der Waals surface area contributed by atoms with E-state index in [4.69, 9.17) is 5.73 Å². The highest BCUT2D eigenvalue weighted by molar-refractivity contribution is 7.18. The van der Waals surface area contributed by atoms with E-state index in [1.165, 1.54) is 16.1 Å². The first-order valence-electron chi connectivity index (χ1n) is 5.29. The Labute approximate surface area is 92.4 Å². The van der Waals surface area contributed by atoms with Crippen LogP contribution in [0.4, 0.5) is 0 Å². The lowest BCUT2D eigenvalue weighted by Gasteiger charge is -2.03. The molecule has 0 amide bonds. The Kier molecular flexibility index (Phi) is 2.18. The van der Waals surface area contributed by atoms with Crippen molar-refractivity contribution < 1.29 is 0 Å². The van der Waals surface area contributed by atoms with Crippen molar-refractivity contribution in [3.63, 3.8) is 0 Å². The molecule has 4 heteroatoms. The van der Waals surface area contributed by atoms with Crippen LogP contribution in [0, 0.1) is 0 Å². The zero-order chi connectivity index (χ0) is 10.3. The van der Waals surface area contributed by atoms with Crippen LogP contribution in [0.2, 0.25) is 0 Å². The number of aromatic nitrogens is 2. The molecule has 0 bridgehead atoms. The van der Waals surface area contributed by atoms with Gasteiger partial charge in [0.2, 0.25) is 0 Å². The number of fused-ring (bicyclic) bond motifs is 1. The summed E-state index contributed by atoms with van der Waals surface area (Å²) in [6, 6.07) is 2.41. The molecule has 1 aliphatic rings. The molecule has 2 heterocycles. The summed E-state index contributed by atoms with van der Waals surface area (Å²) in [5.41, 5.74) is 6.95. The number of nitrogens with two attached hydrogens (primary N) is 1. The van der Waals surface area contributed by atoms with E-state index in [-0.39, 0.29) is 0 Å². The third kappa shape index (κ3) is 1.64. The predicted octanol–water partition coefficient (Wildman–Crippen LogP) is 2.29. The molecule has 2 aromatic heterocycles.